The van der Waals surface area contributed by atoms with Gasteiger partial charge in [-0.15, -0.1) is 0 Å². The van der Waals surface area contributed by atoms with Crippen LogP contribution in [0.4, 0.5) is 5.88 Å². The minimum Gasteiger partial charge on any atom is -0.861 e. The smallest absolute Gasteiger partial charge is 0.320 e. The molecule has 0 saturated carbocycles. The average molecular weight is 347 g/mol. The number of aromatic nitrogens is 3. The average Bonchev–Trinajstić information content (AvgIpc) is 2.97. The highest BCUT2D eigenvalue weighted by atomic mass is 32.2. The summed E-state index contributed by atoms with van der Waals surface area (Å²) in [6.45, 7) is 4.68. The summed E-state index contributed by atoms with van der Waals surface area (Å²) in [5.41, 5.74) is 2.12. The van der Waals surface area contributed by atoms with Crippen molar-refractivity contribution in [3.05, 3.63) is 29.1 Å². The molecular weight excluding hydrogens is 330 g/mol. The monoisotopic (exact) mass is 347 g/mol. The number of hydrogen-bond acceptors (Lipinski definition) is 8. The van der Waals surface area contributed by atoms with E-state index in [2.05, 4.69) is 21.3 Å². The molecule has 126 valence electrons. The lowest BCUT2D eigenvalue weighted by Gasteiger charge is -2.10. The normalized spacial score (nSPS) is 11.5. The van der Waals surface area contributed by atoms with Crippen molar-refractivity contribution in [2.45, 2.75) is 25.4 Å². The van der Waals surface area contributed by atoms with Gasteiger partial charge in [0.2, 0.25) is 11.8 Å². The number of thioether (sulfide) groups is 1. The second-order valence-corrected chi connectivity index (χ2v) is 5.93. The summed E-state index contributed by atoms with van der Waals surface area (Å²) in [6.07, 6.45) is 1.53. The topological polar surface area (TPSA) is 111 Å². The van der Waals surface area contributed by atoms with E-state index in [1.807, 2.05) is 19.9 Å². The number of hydrogen-bond donors (Lipinski definition) is 0. The fraction of sp³-hybridized carbons (Fsp3) is 0.400. The van der Waals surface area contributed by atoms with Crippen molar-refractivity contribution in [2.75, 3.05) is 19.5 Å². The van der Waals surface area contributed by atoms with Crippen LogP contribution in [0.15, 0.2) is 26.8 Å². The van der Waals surface area contributed by atoms with Crippen LogP contribution in [0.2, 0.25) is 0 Å². The molecule has 0 amide bonds. The standard InChI is InChI=1S/C15H17N5O3S/c1-10-6-11(2)17-15(12(10)7-16)24-9-13(21)18-14-8-20(19-23-14)4-5-22-3/h6,8H,4-5,9H2,1-3H3. The van der Waals surface area contributed by atoms with E-state index in [1.165, 1.54) is 22.6 Å². The summed E-state index contributed by atoms with van der Waals surface area (Å²) >= 11 is 1.18. The summed E-state index contributed by atoms with van der Waals surface area (Å²) in [4.78, 5) is 8.16. The van der Waals surface area contributed by atoms with Crippen LogP contribution in [0.1, 0.15) is 16.8 Å². The van der Waals surface area contributed by atoms with Gasteiger partial charge in [0.15, 0.2) is 0 Å². The maximum Gasteiger partial charge on any atom is 0.320 e. The molecule has 0 spiro atoms. The van der Waals surface area contributed by atoms with Crippen LogP contribution < -0.4 is 9.79 Å². The third-order valence-electron chi connectivity index (χ3n) is 3.01. The van der Waals surface area contributed by atoms with Gasteiger partial charge in [0.05, 0.1) is 5.56 Å². The lowest BCUT2D eigenvalue weighted by Crippen LogP contribution is -2.36. The molecule has 2 aromatic rings. The van der Waals surface area contributed by atoms with Crippen LogP contribution >= 0.6 is 11.8 Å². The fourth-order valence-corrected chi connectivity index (χ4v) is 2.82. The highest BCUT2D eigenvalue weighted by Crippen LogP contribution is 2.23. The van der Waals surface area contributed by atoms with Gasteiger partial charge in [-0.25, -0.2) is 9.98 Å². The van der Waals surface area contributed by atoms with Gasteiger partial charge in [0.25, 0.3) is 6.20 Å². The van der Waals surface area contributed by atoms with Crippen molar-refractivity contribution < 1.29 is 19.0 Å². The van der Waals surface area contributed by atoms with Crippen molar-refractivity contribution in [3.8, 4) is 6.07 Å². The number of aryl methyl sites for hydroxylation is 2. The molecule has 24 heavy (non-hydrogen) atoms. The van der Waals surface area contributed by atoms with Gasteiger partial charge in [0.1, 0.15) is 17.7 Å². The number of ether oxygens (including phenoxy) is 1. The van der Waals surface area contributed by atoms with Crippen molar-refractivity contribution in [1.82, 2.24) is 10.3 Å². The maximum atomic E-state index is 12.0. The van der Waals surface area contributed by atoms with Gasteiger partial charge in [0, 0.05) is 18.6 Å². The number of nitrogens with zero attached hydrogens (tertiary/aromatic N) is 5. The number of pyridine rings is 1. The molecule has 0 aliphatic rings. The summed E-state index contributed by atoms with van der Waals surface area (Å²) in [6, 6.07) is 3.95. The molecule has 2 heterocycles. The predicted molar refractivity (Wildman–Crippen MR) is 84.8 cm³/mol. The van der Waals surface area contributed by atoms with E-state index in [0.717, 1.165) is 11.3 Å². The maximum absolute atomic E-state index is 12.0. The highest BCUT2D eigenvalue weighted by molar-refractivity contribution is 7.99. The van der Waals surface area contributed by atoms with Gasteiger partial charge in [-0.05, 0) is 36.1 Å². The molecule has 0 N–H and O–H groups in total. The van der Waals surface area contributed by atoms with E-state index in [9.17, 15) is 10.4 Å². The molecule has 2 aromatic heterocycles. The zero-order valence-electron chi connectivity index (χ0n) is 13.6. The Labute approximate surface area is 143 Å². The molecular formula is C15H17N5O3S. The van der Waals surface area contributed by atoms with E-state index in [4.69, 9.17) is 9.26 Å². The number of aliphatic imine (C=N–C) groups is 1. The Bertz CT molecular complexity index is 782. The van der Waals surface area contributed by atoms with Gasteiger partial charge >= 0.3 is 5.88 Å². The number of methoxy groups -OCH3 is 1. The quantitative estimate of drug-likeness (QED) is 0.313. The van der Waals surface area contributed by atoms with Crippen molar-refractivity contribution in [2.24, 2.45) is 4.99 Å². The third kappa shape index (κ3) is 4.78. The van der Waals surface area contributed by atoms with Crippen LogP contribution in [0.3, 0.4) is 0 Å². The molecule has 0 unspecified atom stereocenters. The number of rotatable bonds is 7. The molecule has 0 fully saturated rings. The zero-order chi connectivity index (χ0) is 17.5. The zero-order valence-corrected chi connectivity index (χ0v) is 14.5. The largest absolute Gasteiger partial charge is 0.861 e. The third-order valence-corrected chi connectivity index (χ3v) is 3.97. The molecule has 0 aliphatic heterocycles. The highest BCUT2D eigenvalue weighted by Gasteiger charge is 2.11. The second-order valence-electron chi connectivity index (χ2n) is 4.96. The Morgan fingerprint density at radius 3 is 3.04 bits per heavy atom. The minimum absolute atomic E-state index is 0.0589. The molecule has 8 nitrogen and oxygen atoms in total. The molecule has 0 atom stereocenters. The SMILES string of the molecule is COCC[n+]1cc(/N=C(\[O-])CSc2nc(C)cc(C)c2C#N)on1. The van der Waals surface area contributed by atoms with Crippen LogP contribution in [-0.4, -0.2) is 35.6 Å². The molecule has 0 radical (unpaired) electrons. The Morgan fingerprint density at radius 1 is 1.54 bits per heavy atom. The second kappa shape index (κ2) is 8.42. The van der Waals surface area contributed by atoms with Crippen molar-refractivity contribution >= 4 is 23.5 Å². The summed E-state index contributed by atoms with van der Waals surface area (Å²) < 4.78 is 11.4. The molecule has 2 rings (SSSR count). The van der Waals surface area contributed by atoms with Crippen LogP contribution in [-0.2, 0) is 11.3 Å². The van der Waals surface area contributed by atoms with E-state index >= 15 is 0 Å². The Morgan fingerprint density at radius 2 is 2.33 bits per heavy atom. The Balaban J connectivity index is 2.04. The van der Waals surface area contributed by atoms with Crippen LogP contribution in [0, 0.1) is 25.2 Å². The summed E-state index contributed by atoms with van der Waals surface area (Å²) in [5.74, 6) is -0.200. The molecule has 0 saturated heterocycles. The van der Waals surface area contributed by atoms with Gasteiger partial charge in [-0.1, -0.05) is 11.8 Å². The van der Waals surface area contributed by atoms with Crippen LogP contribution in [0.5, 0.6) is 0 Å². The number of nitriles is 1. The van der Waals surface area contributed by atoms with E-state index in [0.29, 0.717) is 23.7 Å². The van der Waals surface area contributed by atoms with Crippen molar-refractivity contribution in [3.63, 3.8) is 0 Å². The van der Waals surface area contributed by atoms with Crippen LogP contribution in [0.25, 0.3) is 0 Å². The van der Waals surface area contributed by atoms with Gasteiger partial charge in [-0.3, -0.25) is 4.52 Å². The first-order valence-electron chi connectivity index (χ1n) is 7.14. The van der Waals surface area contributed by atoms with Gasteiger partial charge < -0.3 is 9.84 Å². The van der Waals surface area contributed by atoms with Gasteiger partial charge in [-0.2, -0.15) is 5.26 Å². The molecule has 0 aliphatic carbocycles. The molecule has 0 aromatic carbocycles. The summed E-state index contributed by atoms with van der Waals surface area (Å²) in [5, 5.41) is 25.4. The Hall–Kier alpha value is -2.44. The van der Waals surface area contributed by atoms with E-state index in [-0.39, 0.29) is 17.5 Å². The minimum atomic E-state index is -0.389. The van der Waals surface area contributed by atoms with Crippen molar-refractivity contribution in [1.29, 1.82) is 5.26 Å². The Kier molecular flexibility index (Phi) is 6.28. The lowest BCUT2D eigenvalue weighted by atomic mass is 10.1. The van der Waals surface area contributed by atoms with E-state index in [1.54, 1.807) is 7.11 Å². The first-order valence-corrected chi connectivity index (χ1v) is 8.13. The first kappa shape index (κ1) is 17.9. The summed E-state index contributed by atoms with van der Waals surface area (Å²) in [7, 11) is 1.59. The lowest BCUT2D eigenvalue weighted by molar-refractivity contribution is -0.763. The molecule has 9 heteroatoms. The van der Waals surface area contributed by atoms with E-state index < -0.39 is 0 Å². The molecule has 0 bridgehead atoms. The fourth-order valence-electron chi connectivity index (χ4n) is 1.94. The predicted octanol–water partition coefficient (Wildman–Crippen LogP) is 0.675. The first-order chi connectivity index (χ1) is 11.5.